The minimum absolute atomic E-state index is 0.0761. The summed E-state index contributed by atoms with van der Waals surface area (Å²) in [5.74, 6) is -0.490. The molecule has 1 aromatic carbocycles. The highest BCUT2D eigenvalue weighted by Crippen LogP contribution is 2.37. The van der Waals surface area contributed by atoms with E-state index in [1.54, 1.807) is 14.2 Å². The minimum atomic E-state index is -0.725. The van der Waals surface area contributed by atoms with Crippen molar-refractivity contribution in [3.05, 3.63) is 47.3 Å². The van der Waals surface area contributed by atoms with E-state index in [-0.39, 0.29) is 6.61 Å². The summed E-state index contributed by atoms with van der Waals surface area (Å²) in [5.41, 5.74) is 2.68. The third-order valence-electron chi connectivity index (χ3n) is 6.05. The van der Waals surface area contributed by atoms with E-state index in [9.17, 15) is 14.4 Å². The number of allylic oxidation sites excluding steroid dienone is 2. The van der Waals surface area contributed by atoms with Gasteiger partial charge in [-0.15, -0.1) is 0 Å². The van der Waals surface area contributed by atoms with Crippen molar-refractivity contribution in [1.29, 1.82) is 0 Å². The van der Waals surface area contributed by atoms with E-state index in [1.165, 1.54) is 4.90 Å². The largest absolute Gasteiger partial charge is 0.459 e. The van der Waals surface area contributed by atoms with Crippen molar-refractivity contribution in [2.45, 2.75) is 32.7 Å². The number of amides is 3. The second kappa shape index (κ2) is 8.62. The standard InChI is InChI=1S/C22H27N5O5/c1-14-15(2)27-18-19(23-21(27)25(14)10-11-31-4)24(3)22(30)26(20(18)29)12-17(28)32-13-16-8-6-5-7-9-16/h5-9,18-19H,10-13H2,1-4H3. The first-order valence-electron chi connectivity index (χ1n) is 10.4. The van der Waals surface area contributed by atoms with Crippen LogP contribution in [0, 0.1) is 0 Å². The fraction of sp³-hybridized carbons (Fsp3) is 0.455. The van der Waals surface area contributed by atoms with Crippen LogP contribution in [0.4, 0.5) is 4.79 Å². The third-order valence-corrected chi connectivity index (χ3v) is 6.05. The maximum Gasteiger partial charge on any atom is 0.328 e. The number of aliphatic imine (C=N–C) groups is 1. The van der Waals surface area contributed by atoms with E-state index >= 15 is 0 Å². The van der Waals surface area contributed by atoms with Crippen molar-refractivity contribution in [3.8, 4) is 0 Å². The van der Waals surface area contributed by atoms with Crippen molar-refractivity contribution in [2.75, 3.05) is 33.9 Å². The Hall–Kier alpha value is -3.40. The van der Waals surface area contributed by atoms with Gasteiger partial charge in [-0.1, -0.05) is 30.3 Å². The highest BCUT2D eigenvalue weighted by molar-refractivity contribution is 6.06. The van der Waals surface area contributed by atoms with Gasteiger partial charge in [0.2, 0.25) is 5.96 Å². The van der Waals surface area contributed by atoms with Crippen LogP contribution in [0.5, 0.6) is 0 Å². The molecule has 3 aliphatic rings. The van der Waals surface area contributed by atoms with Crippen molar-refractivity contribution < 1.29 is 23.9 Å². The highest BCUT2D eigenvalue weighted by atomic mass is 16.5. The molecule has 0 N–H and O–H groups in total. The van der Waals surface area contributed by atoms with Gasteiger partial charge in [-0.05, 0) is 19.4 Å². The van der Waals surface area contributed by atoms with Crippen molar-refractivity contribution in [2.24, 2.45) is 4.99 Å². The average Bonchev–Trinajstić information content (AvgIpc) is 3.29. The Balaban J connectivity index is 1.50. The number of rotatable bonds is 7. The smallest absolute Gasteiger partial charge is 0.328 e. The molecule has 0 bridgehead atoms. The number of hydrogen-bond donors (Lipinski definition) is 0. The zero-order valence-electron chi connectivity index (χ0n) is 18.6. The molecular weight excluding hydrogens is 414 g/mol. The average molecular weight is 441 g/mol. The van der Waals surface area contributed by atoms with E-state index in [0.29, 0.717) is 19.1 Å². The van der Waals surface area contributed by atoms with Crippen LogP contribution in [-0.2, 0) is 25.7 Å². The van der Waals surface area contributed by atoms with Crippen LogP contribution in [0.1, 0.15) is 19.4 Å². The Morgan fingerprint density at radius 1 is 1.09 bits per heavy atom. The molecule has 2 unspecified atom stereocenters. The molecule has 0 spiro atoms. The number of imide groups is 1. The molecule has 32 heavy (non-hydrogen) atoms. The molecule has 2 atom stereocenters. The van der Waals surface area contributed by atoms with E-state index < -0.39 is 36.7 Å². The molecule has 0 saturated carbocycles. The van der Waals surface area contributed by atoms with Gasteiger partial charge in [0.25, 0.3) is 5.91 Å². The Labute approximate surface area is 186 Å². The van der Waals surface area contributed by atoms with Gasteiger partial charge >= 0.3 is 12.0 Å². The van der Waals surface area contributed by atoms with Crippen LogP contribution in [0.2, 0.25) is 0 Å². The quantitative estimate of drug-likeness (QED) is 0.587. The van der Waals surface area contributed by atoms with E-state index in [2.05, 4.69) is 0 Å². The zero-order chi connectivity index (χ0) is 23.0. The van der Waals surface area contributed by atoms with E-state index in [1.807, 2.05) is 54.0 Å². The van der Waals surface area contributed by atoms with Gasteiger partial charge in [-0.2, -0.15) is 0 Å². The van der Waals surface area contributed by atoms with Gasteiger partial charge in [-0.25, -0.2) is 9.79 Å². The molecule has 170 valence electrons. The summed E-state index contributed by atoms with van der Waals surface area (Å²) >= 11 is 0. The van der Waals surface area contributed by atoms with Gasteiger partial charge in [0, 0.05) is 32.1 Å². The van der Waals surface area contributed by atoms with E-state index in [0.717, 1.165) is 21.9 Å². The number of benzene rings is 1. The molecule has 0 radical (unpaired) electrons. The zero-order valence-corrected chi connectivity index (χ0v) is 18.6. The number of carbonyl (C=O) groups is 3. The first-order valence-corrected chi connectivity index (χ1v) is 10.4. The number of ether oxygens (including phenoxy) is 2. The first kappa shape index (κ1) is 21.8. The fourth-order valence-electron chi connectivity index (χ4n) is 4.19. The number of nitrogens with zero attached hydrogens (tertiary/aromatic N) is 5. The summed E-state index contributed by atoms with van der Waals surface area (Å²) in [7, 11) is 3.22. The summed E-state index contributed by atoms with van der Waals surface area (Å²) < 4.78 is 10.5. The molecule has 10 heteroatoms. The van der Waals surface area contributed by atoms with Crippen LogP contribution in [0.3, 0.4) is 0 Å². The number of urea groups is 1. The Morgan fingerprint density at radius 3 is 2.50 bits per heavy atom. The van der Waals surface area contributed by atoms with Crippen LogP contribution in [0.25, 0.3) is 0 Å². The van der Waals surface area contributed by atoms with Gasteiger partial charge in [0.1, 0.15) is 13.2 Å². The SMILES string of the molecule is COCCN1C2=NC3C(C(=O)N(CC(=O)OCc4ccccc4)C(=O)N3C)N2C(C)=C1C. The number of fused-ring (bicyclic) bond motifs is 3. The van der Waals surface area contributed by atoms with Gasteiger partial charge in [-0.3, -0.25) is 19.4 Å². The minimum Gasteiger partial charge on any atom is -0.459 e. The van der Waals surface area contributed by atoms with Crippen LogP contribution >= 0.6 is 0 Å². The van der Waals surface area contributed by atoms with Gasteiger partial charge in [0.15, 0.2) is 12.2 Å². The fourth-order valence-corrected chi connectivity index (χ4v) is 4.19. The predicted octanol–water partition coefficient (Wildman–Crippen LogP) is 1.20. The number of methoxy groups -OCH3 is 1. The lowest BCUT2D eigenvalue weighted by molar-refractivity contribution is -0.151. The van der Waals surface area contributed by atoms with Gasteiger partial charge in [0.05, 0.1) is 6.61 Å². The Bertz CT molecular complexity index is 992. The van der Waals surface area contributed by atoms with E-state index in [4.69, 9.17) is 14.5 Å². The number of esters is 1. The molecule has 3 amide bonds. The summed E-state index contributed by atoms with van der Waals surface area (Å²) in [5, 5.41) is 0. The normalized spacial score (nSPS) is 22.4. The summed E-state index contributed by atoms with van der Waals surface area (Å²) in [6.07, 6.45) is -0.658. The molecule has 1 fully saturated rings. The Morgan fingerprint density at radius 2 is 1.81 bits per heavy atom. The predicted molar refractivity (Wildman–Crippen MR) is 115 cm³/mol. The van der Waals surface area contributed by atoms with Crippen molar-refractivity contribution >= 4 is 23.9 Å². The topological polar surface area (TPSA) is 95.0 Å². The number of guanidine groups is 1. The molecule has 3 heterocycles. The molecule has 1 saturated heterocycles. The van der Waals surface area contributed by atoms with Crippen LogP contribution in [-0.4, -0.2) is 89.5 Å². The molecule has 10 nitrogen and oxygen atoms in total. The first-order chi connectivity index (χ1) is 15.3. The lowest BCUT2D eigenvalue weighted by Gasteiger charge is -2.40. The number of carbonyl (C=O) groups excluding carboxylic acids is 3. The molecule has 1 aromatic rings. The second-order valence-corrected chi connectivity index (χ2v) is 7.94. The summed E-state index contributed by atoms with van der Waals surface area (Å²) in [6, 6.07) is 7.93. The summed E-state index contributed by atoms with van der Waals surface area (Å²) in [4.78, 5) is 49.6. The van der Waals surface area contributed by atoms with Crippen molar-refractivity contribution in [1.82, 2.24) is 19.6 Å². The highest BCUT2D eigenvalue weighted by Gasteiger charge is 2.55. The lowest BCUT2D eigenvalue weighted by atomic mass is 10.1. The number of likely N-dealkylation sites (N-methyl/N-ethyl adjacent to an activating group) is 1. The van der Waals surface area contributed by atoms with Gasteiger partial charge < -0.3 is 19.3 Å². The number of hydrogen-bond acceptors (Lipinski definition) is 8. The molecule has 4 rings (SSSR count). The second-order valence-electron chi connectivity index (χ2n) is 7.94. The molecule has 0 aliphatic carbocycles. The maximum atomic E-state index is 13.4. The Kier molecular flexibility index (Phi) is 5.88. The van der Waals surface area contributed by atoms with Crippen molar-refractivity contribution in [3.63, 3.8) is 0 Å². The summed E-state index contributed by atoms with van der Waals surface area (Å²) in [6.45, 7) is 4.58. The monoisotopic (exact) mass is 441 g/mol. The third kappa shape index (κ3) is 3.60. The molecule has 0 aromatic heterocycles. The van der Waals surface area contributed by atoms with Crippen LogP contribution < -0.4 is 0 Å². The molecular formula is C22H27N5O5. The lowest BCUT2D eigenvalue weighted by Crippen LogP contribution is -2.65. The maximum absolute atomic E-state index is 13.4. The van der Waals surface area contributed by atoms with Crippen LogP contribution in [0.15, 0.2) is 46.7 Å². The molecule has 3 aliphatic heterocycles.